The van der Waals surface area contributed by atoms with Crippen LogP contribution < -0.4 is 19.8 Å². The van der Waals surface area contributed by atoms with Crippen molar-refractivity contribution in [3.8, 4) is 28.6 Å². The van der Waals surface area contributed by atoms with Gasteiger partial charge in [-0.3, -0.25) is 4.79 Å². The molecule has 0 fully saturated rings. The van der Waals surface area contributed by atoms with Gasteiger partial charge in [0.1, 0.15) is 12.4 Å². The normalized spacial score (nSPS) is 12.4. The molecule has 8 heteroatoms. The topological polar surface area (TPSA) is 74.9 Å². The second-order valence-electron chi connectivity index (χ2n) is 8.35. The van der Waals surface area contributed by atoms with Gasteiger partial charge in [-0.25, -0.2) is 4.98 Å². The third kappa shape index (κ3) is 4.79. The summed E-state index contributed by atoms with van der Waals surface area (Å²) < 4.78 is 19.1. The molecule has 2 heterocycles. The largest absolute Gasteiger partial charge is 0.488 e. The van der Waals surface area contributed by atoms with E-state index in [1.165, 1.54) is 4.68 Å². The summed E-state index contributed by atoms with van der Waals surface area (Å²) in [6, 6.07) is 28.4. The number of halogens is 1. The van der Waals surface area contributed by atoms with Crippen LogP contribution in [0.25, 0.3) is 22.3 Å². The number of fused-ring (bicyclic) bond motifs is 2. The highest BCUT2D eigenvalue weighted by atomic mass is 127. The molecule has 7 nitrogen and oxygen atoms in total. The molecule has 0 unspecified atom stereocenters. The Morgan fingerprint density at radius 3 is 2.62 bits per heavy atom. The molecule has 0 N–H and O–H groups in total. The SMILES string of the molecule is O=c1c2ccccc2nc(-c2ccccc2)n1N=Cc1ccc(OCc2ccc3c(c2)OCO3)c(I)c1. The minimum absolute atomic E-state index is 0.223. The average Bonchev–Trinajstić information content (AvgIpc) is 3.40. The van der Waals surface area contributed by atoms with Gasteiger partial charge in [0, 0.05) is 5.56 Å². The number of hydrogen-bond donors (Lipinski definition) is 0. The average molecular weight is 601 g/mol. The Labute approximate surface area is 226 Å². The molecular weight excluding hydrogens is 581 g/mol. The van der Waals surface area contributed by atoms with Crippen LogP contribution in [0.5, 0.6) is 17.2 Å². The third-order valence-corrected chi connectivity index (χ3v) is 6.74. The quantitative estimate of drug-likeness (QED) is 0.180. The van der Waals surface area contributed by atoms with Crippen molar-refractivity contribution in [1.29, 1.82) is 0 Å². The smallest absolute Gasteiger partial charge is 0.282 e. The van der Waals surface area contributed by atoms with Crippen LogP contribution in [0, 0.1) is 3.57 Å². The van der Waals surface area contributed by atoms with Crippen LogP contribution in [0.3, 0.4) is 0 Å². The first-order valence-electron chi connectivity index (χ1n) is 11.6. The Kier molecular flexibility index (Phi) is 6.32. The molecule has 4 aromatic carbocycles. The van der Waals surface area contributed by atoms with Gasteiger partial charge in [-0.05, 0) is 76.2 Å². The summed E-state index contributed by atoms with van der Waals surface area (Å²) in [6.45, 7) is 0.646. The van der Waals surface area contributed by atoms with Crippen molar-refractivity contribution in [1.82, 2.24) is 9.66 Å². The molecular formula is C29H20IN3O4. The lowest BCUT2D eigenvalue weighted by atomic mass is 10.2. The van der Waals surface area contributed by atoms with E-state index >= 15 is 0 Å². The Morgan fingerprint density at radius 2 is 1.76 bits per heavy atom. The van der Waals surface area contributed by atoms with Gasteiger partial charge in [0.05, 0.1) is 20.7 Å². The molecule has 0 aliphatic carbocycles. The summed E-state index contributed by atoms with van der Waals surface area (Å²) in [5.41, 5.74) is 3.04. The Morgan fingerprint density at radius 1 is 0.946 bits per heavy atom. The number of rotatable bonds is 6. The van der Waals surface area contributed by atoms with E-state index in [4.69, 9.17) is 19.2 Å². The van der Waals surface area contributed by atoms with E-state index in [0.717, 1.165) is 37.5 Å². The second-order valence-corrected chi connectivity index (χ2v) is 9.51. The lowest BCUT2D eigenvalue weighted by molar-refractivity contribution is 0.174. The van der Waals surface area contributed by atoms with Crippen molar-refractivity contribution >= 4 is 39.7 Å². The minimum Gasteiger partial charge on any atom is -0.488 e. The summed E-state index contributed by atoms with van der Waals surface area (Å²) in [7, 11) is 0. The van der Waals surface area contributed by atoms with Crippen LogP contribution in [0.4, 0.5) is 0 Å². The molecule has 0 saturated carbocycles. The molecule has 0 spiro atoms. The van der Waals surface area contributed by atoms with Crippen LogP contribution in [0.15, 0.2) is 101 Å². The zero-order valence-electron chi connectivity index (χ0n) is 19.5. The highest BCUT2D eigenvalue weighted by molar-refractivity contribution is 14.1. The van der Waals surface area contributed by atoms with Gasteiger partial charge in [0.2, 0.25) is 6.79 Å². The van der Waals surface area contributed by atoms with Gasteiger partial charge in [-0.2, -0.15) is 9.78 Å². The molecule has 0 bridgehead atoms. The Balaban J connectivity index is 1.27. The van der Waals surface area contributed by atoms with Crippen molar-refractivity contribution < 1.29 is 14.2 Å². The van der Waals surface area contributed by atoms with Crippen LogP contribution in [-0.2, 0) is 6.61 Å². The van der Waals surface area contributed by atoms with Crippen LogP contribution in [0.1, 0.15) is 11.1 Å². The fourth-order valence-corrected chi connectivity index (χ4v) is 4.73. The van der Waals surface area contributed by atoms with Crippen LogP contribution >= 0.6 is 22.6 Å². The van der Waals surface area contributed by atoms with Gasteiger partial charge in [0.15, 0.2) is 17.3 Å². The van der Waals surface area contributed by atoms with Crippen molar-refractivity contribution in [2.45, 2.75) is 6.61 Å². The first-order valence-corrected chi connectivity index (χ1v) is 12.7. The molecule has 0 saturated heterocycles. The first kappa shape index (κ1) is 23.2. The number of ether oxygens (including phenoxy) is 3. The number of hydrogen-bond acceptors (Lipinski definition) is 6. The van der Waals surface area contributed by atoms with E-state index in [1.807, 2.05) is 84.9 Å². The van der Waals surface area contributed by atoms with Crippen molar-refractivity contribution in [3.05, 3.63) is 116 Å². The van der Waals surface area contributed by atoms with Crippen LogP contribution in [0.2, 0.25) is 0 Å². The van der Waals surface area contributed by atoms with E-state index in [2.05, 4.69) is 27.7 Å². The predicted octanol–water partition coefficient (Wildman–Crippen LogP) is 5.86. The van der Waals surface area contributed by atoms with E-state index < -0.39 is 0 Å². The molecule has 1 aromatic heterocycles. The highest BCUT2D eigenvalue weighted by Crippen LogP contribution is 2.33. The summed E-state index contributed by atoms with van der Waals surface area (Å²) in [5, 5.41) is 5.06. The molecule has 37 heavy (non-hydrogen) atoms. The number of aromatic nitrogens is 2. The second kappa shape index (κ2) is 10.1. The number of para-hydroxylation sites is 1. The van der Waals surface area contributed by atoms with Gasteiger partial charge < -0.3 is 14.2 Å². The zero-order chi connectivity index (χ0) is 25.2. The minimum atomic E-state index is -0.223. The standard InChI is InChI=1S/C29H20IN3O4/c30-23-14-19(10-12-25(23)35-17-20-11-13-26-27(15-20)37-18-36-26)16-31-33-28(21-6-2-1-3-7-21)32-24-9-5-4-8-22(24)29(33)34/h1-16H,17-18H2. The van der Waals surface area contributed by atoms with E-state index in [-0.39, 0.29) is 12.4 Å². The molecule has 0 radical (unpaired) electrons. The fourth-order valence-electron chi connectivity index (χ4n) is 4.04. The molecule has 1 aliphatic rings. The third-order valence-electron chi connectivity index (χ3n) is 5.90. The van der Waals surface area contributed by atoms with Crippen LogP contribution in [-0.4, -0.2) is 22.7 Å². The highest BCUT2D eigenvalue weighted by Gasteiger charge is 2.14. The molecule has 0 amide bonds. The van der Waals surface area contributed by atoms with Gasteiger partial charge >= 0.3 is 0 Å². The fraction of sp³-hybridized carbons (Fsp3) is 0.0690. The van der Waals surface area contributed by atoms with Crippen molar-refractivity contribution in [2.75, 3.05) is 6.79 Å². The summed E-state index contributed by atoms with van der Waals surface area (Å²) in [4.78, 5) is 18.1. The monoisotopic (exact) mass is 601 g/mol. The zero-order valence-corrected chi connectivity index (χ0v) is 21.7. The van der Waals surface area contributed by atoms with Crippen molar-refractivity contribution in [2.24, 2.45) is 5.10 Å². The lowest BCUT2D eigenvalue weighted by Gasteiger charge is -2.10. The summed E-state index contributed by atoms with van der Waals surface area (Å²) in [5.74, 6) is 2.72. The molecule has 0 atom stereocenters. The van der Waals surface area contributed by atoms with Gasteiger partial charge in [0.25, 0.3) is 5.56 Å². The van der Waals surface area contributed by atoms with Gasteiger partial charge in [-0.1, -0.05) is 48.5 Å². The maximum Gasteiger partial charge on any atom is 0.282 e. The predicted molar refractivity (Wildman–Crippen MR) is 150 cm³/mol. The number of nitrogens with zero attached hydrogens (tertiary/aromatic N) is 3. The molecule has 182 valence electrons. The van der Waals surface area contributed by atoms with E-state index in [0.29, 0.717) is 23.3 Å². The summed E-state index contributed by atoms with van der Waals surface area (Å²) >= 11 is 2.23. The Hall–Kier alpha value is -4.18. The van der Waals surface area contributed by atoms with E-state index in [9.17, 15) is 4.79 Å². The number of benzene rings is 4. The summed E-state index contributed by atoms with van der Waals surface area (Å²) in [6.07, 6.45) is 1.66. The van der Waals surface area contributed by atoms with Crippen molar-refractivity contribution in [3.63, 3.8) is 0 Å². The molecule has 5 aromatic rings. The first-order chi connectivity index (χ1) is 18.2. The maximum absolute atomic E-state index is 13.3. The molecule has 1 aliphatic heterocycles. The Bertz CT molecular complexity index is 1700. The lowest BCUT2D eigenvalue weighted by Crippen LogP contribution is -2.20. The van der Waals surface area contributed by atoms with E-state index in [1.54, 1.807) is 12.3 Å². The maximum atomic E-state index is 13.3. The van der Waals surface area contributed by atoms with Gasteiger partial charge in [-0.15, -0.1) is 0 Å². The molecule has 6 rings (SSSR count).